The number of benzene rings is 3. The summed E-state index contributed by atoms with van der Waals surface area (Å²) in [5.41, 5.74) is 0.456. The van der Waals surface area contributed by atoms with E-state index < -0.39 is 28.7 Å². The fraction of sp³-hybridized carbons (Fsp3) is 0.0833. The Bertz CT molecular complexity index is 1570. The summed E-state index contributed by atoms with van der Waals surface area (Å²) >= 11 is 9.58. The Balaban J connectivity index is 1.60. The molecule has 0 radical (unpaired) electrons. The van der Waals surface area contributed by atoms with Gasteiger partial charge in [0.1, 0.15) is 5.82 Å². The molecule has 1 N–H and O–H groups in total. The predicted octanol–water partition coefficient (Wildman–Crippen LogP) is 4.93. The number of amides is 1. The Morgan fingerprint density at radius 2 is 2.00 bits per heavy atom. The highest BCUT2D eigenvalue weighted by Gasteiger charge is 2.21. The van der Waals surface area contributed by atoms with Gasteiger partial charge in [-0.15, -0.1) is 0 Å². The largest absolute Gasteiger partial charge is 0.476 e. The number of ether oxygens (including phenoxy) is 1. The standard InChI is InChI=1S/C24H17BrClN5O5/c1-14-28-20-8-7-16(25)11-18(20)24(33)30(14)27-12-15-9-19(26)23(21(10-15)31(34)35)36-13-22(32)29-17-5-3-2-4-6-17/h2-12H,13H2,1H3,(H,29,32). The molecule has 0 saturated heterocycles. The summed E-state index contributed by atoms with van der Waals surface area (Å²) in [7, 11) is 0. The van der Waals surface area contributed by atoms with Gasteiger partial charge in [-0.1, -0.05) is 45.7 Å². The molecule has 1 aromatic heterocycles. The fourth-order valence-electron chi connectivity index (χ4n) is 3.33. The number of nitro benzene ring substituents is 1. The van der Waals surface area contributed by atoms with Gasteiger partial charge >= 0.3 is 5.69 Å². The number of aromatic nitrogens is 2. The van der Waals surface area contributed by atoms with Crippen LogP contribution in [-0.2, 0) is 4.79 Å². The van der Waals surface area contributed by atoms with Crippen LogP contribution in [0.15, 0.2) is 75.0 Å². The maximum Gasteiger partial charge on any atom is 0.313 e. The van der Waals surface area contributed by atoms with Gasteiger partial charge in [-0.2, -0.15) is 9.78 Å². The third kappa shape index (κ3) is 5.58. The molecule has 0 bridgehead atoms. The minimum atomic E-state index is -0.680. The summed E-state index contributed by atoms with van der Waals surface area (Å²) in [6.07, 6.45) is 1.25. The number of nitrogens with one attached hydrogen (secondary N) is 1. The van der Waals surface area contributed by atoms with Crippen molar-refractivity contribution in [2.75, 3.05) is 11.9 Å². The first-order chi connectivity index (χ1) is 17.2. The lowest BCUT2D eigenvalue weighted by Crippen LogP contribution is -2.21. The second-order valence-corrected chi connectivity index (χ2v) is 8.82. The third-order valence-corrected chi connectivity index (χ3v) is 5.71. The maximum absolute atomic E-state index is 12.9. The van der Waals surface area contributed by atoms with Crippen LogP contribution in [0.2, 0.25) is 5.02 Å². The number of nitrogens with zero attached hydrogens (tertiary/aromatic N) is 4. The van der Waals surface area contributed by atoms with Gasteiger partial charge < -0.3 is 10.1 Å². The Kier molecular flexibility index (Phi) is 7.41. The lowest BCUT2D eigenvalue weighted by molar-refractivity contribution is -0.385. The molecule has 0 fully saturated rings. The molecule has 0 spiro atoms. The van der Waals surface area contributed by atoms with Crippen molar-refractivity contribution in [1.82, 2.24) is 9.66 Å². The molecule has 0 aliphatic rings. The minimum absolute atomic E-state index is 0.0946. The van der Waals surface area contributed by atoms with Gasteiger partial charge in [-0.3, -0.25) is 19.7 Å². The molecule has 0 unspecified atom stereocenters. The Hall–Kier alpha value is -4.09. The Morgan fingerprint density at radius 3 is 2.72 bits per heavy atom. The van der Waals surface area contributed by atoms with Crippen molar-refractivity contribution in [3.63, 3.8) is 0 Å². The van der Waals surface area contributed by atoms with E-state index in [1.54, 1.807) is 55.5 Å². The van der Waals surface area contributed by atoms with Crippen LogP contribution >= 0.6 is 27.5 Å². The van der Waals surface area contributed by atoms with Crippen LogP contribution in [0, 0.1) is 17.0 Å². The summed E-state index contributed by atoms with van der Waals surface area (Å²) in [5, 5.41) is 18.7. The number of rotatable bonds is 7. The molecule has 36 heavy (non-hydrogen) atoms. The molecule has 1 amide bonds. The number of carbonyl (C=O) groups excluding carboxylic acids is 1. The molecule has 4 rings (SSSR count). The maximum atomic E-state index is 12.9. The number of hydrogen-bond donors (Lipinski definition) is 1. The molecule has 12 heteroatoms. The van der Waals surface area contributed by atoms with Gasteiger partial charge in [0.25, 0.3) is 11.5 Å². The van der Waals surface area contributed by atoms with Crippen LogP contribution in [0.4, 0.5) is 11.4 Å². The van der Waals surface area contributed by atoms with Gasteiger partial charge in [0.05, 0.1) is 27.1 Å². The molecule has 1 heterocycles. The number of para-hydroxylation sites is 1. The number of carbonyl (C=O) groups is 1. The van der Waals surface area contributed by atoms with Crippen LogP contribution in [0.1, 0.15) is 11.4 Å². The van der Waals surface area contributed by atoms with Crippen LogP contribution in [-0.4, -0.2) is 33.3 Å². The monoisotopic (exact) mass is 569 g/mol. The molecule has 0 saturated carbocycles. The zero-order valence-electron chi connectivity index (χ0n) is 18.6. The average molecular weight is 571 g/mol. The summed E-state index contributed by atoms with van der Waals surface area (Å²) in [4.78, 5) is 40.4. The van der Waals surface area contributed by atoms with Crippen LogP contribution < -0.4 is 15.6 Å². The lowest BCUT2D eigenvalue weighted by Gasteiger charge is -2.10. The zero-order chi connectivity index (χ0) is 25.8. The molecule has 3 aromatic carbocycles. The van der Waals surface area contributed by atoms with E-state index in [4.69, 9.17) is 16.3 Å². The van der Waals surface area contributed by atoms with Crippen LogP contribution in [0.25, 0.3) is 10.9 Å². The smallest absolute Gasteiger partial charge is 0.313 e. The van der Waals surface area contributed by atoms with E-state index >= 15 is 0 Å². The number of nitro groups is 1. The first-order valence-electron chi connectivity index (χ1n) is 10.4. The van der Waals surface area contributed by atoms with Crippen molar-refractivity contribution in [3.8, 4) is 5.75 Å². The fourth-order valence-corrected chi connectivity index (χ4v) is 3.97. The van der Waals surface area contributed by atoms with Crippen molar-refractivity contribution in [1.29, 1.82) is 0 Å². The van der Waals surface area contributed by atoms with Crippen molar-refractivity contribution in [2.24, 2.45) is 5.10 Å². The van der Waals surface area contributed by atoms with E-state index in [1.807, 2.05) is 0 Å². The van der Waals surface area contributed by atoms with Crippen LogP contribution in [0.5, 0.6) is 5.75 Å². The molecular weight excluding hydrogens is 554 g/mol. The molecular formula is C24H17BrClN5O5. The minimum Gasteiger partial charge on any atom is -0.476 e. The van der Waals surface area contributed by atoms with Gasteiger partial charge in [0.2, 0.25) is 5.75 Å². The van der Waals surface area contributed by atoms with Crippen molar-refractivity contribution in [3.05, 3.63) is 102 Å². The van der Waals surface area contributed by atoms with Crippen molar-refractivity contribution < 1.29 is 14.5 Å². The molecule has 0 atom stereocenters. The lowest BCUT2D eigenvalue weighted by atomic mass is 10.2. The van der Waals surface area contributed by atoms with E-state index in [0.29, 0.717) is 26.9 Å². The second-order valence-electron chi connectivity index (χ2n) is 7.49. The highest BCUT2D eigenvalue weighted by molar-refractivity contribution is 9.10. The summed E-state index contributed by atoms with van der Waals surface area (Å²) in [5.74, 6) is -0.439. The first kappa shape index (κ1) is 25.0. The number of hydrogen-bond acceptors (Lipinski definition) is 7. The zero-order valence-corrected chi connectivity index (χ0v) is 21.0. The first-order valence-corrected chi connectivity index (χ1v) is 11.6. The Labute approximate surface area is 217 Å². The normalized spacial score (nSPS) is 11.1. The van der Waals surface area contributed by atoms with Gasteiger partial charge in [0, 0.05) is 21.8 Å². The predicted molar refractivity (Wildman–Crippen MR) is 140 cm³/mol. The highest BCUT2D eigenvalue weighted by Crippen LogP contribution is 2.36. The van der Waals surface area contributed by atoms with Crippen molar-refractivity contribution >= 4 is 61.9 Å². The van der Waals surface area contributed by atoms with Gasteiger partial charge in [0.15, 0.2) is 6.61 Å². The summed E-state index contributed by atoms with van der Waals surface area (Å²) in [6.45, 7) is 1.13. The van der Waals surface area contributed by atoms with E-state index in [9.17, 15) is 19.7 Å². The van der Waals surface area contributed by atoms with E-state index in [-0.39, 0.29) is 16.3 Å². The van der Waals surface area contributed by atoms with E-state index in [0.717, 1.165) is 4.68 Å². The molecule has 182 valence electrons. The quantitative estimate of drug-likeness (QED) is 0.191. The number of halogens is 2. The summed E-state index contributed by atoms with van der Waals surface area (Å²) < 4.78 is 7.18. The summed E-state index contributed by atoms with van der Waals surface area (Å²) in [6, 6.07) is 16.4. The van der Waals surface area contributed by atoms with Crippen molar-refractivity contribution in [2.45, 2.75) is 6.92 Å². The van der Waals surface area contributed by atoms with Gasteiger partial charge in [-0.05, 0) is 43.3 Å². The number of aryl methyl sites for hydroxylation is 1. The molecule has 10 nitrogen and oxygen atoms in total. The second kappa shape index (κ2) is 10.7. The average Bonchev–Trinajstić information content (AvgIpc) is 2.84. The number of anilines is 1. The van der Waals surface area contributed by atoms with Crippen LogP contribution in [0.3, 0.4) is 0 Å². The highest BCUT2D eigenvalue weighted by atomic mass is 79.9. The topological polar surface area (TPSA) is 129 Å². The SMILES string of the molecule is Cc1nc2ccc(Br)cc2c(=O)n1N=Cc1cc(Cl)c(OCC(=O)Nc2ccccc2)c([N+](=O)[O-])c1. The van der Waals surface area contributed by atoms with E-state index in [1.165, 1.54) is 18.3 Å². The molecule has 4 aromatic rings. The van der Waals surface area contributed by atoms with Gasteiger partial charge in [-0.25, -0.2) is 4.98 Å². The van der Waals surface area contributed by atoms with E-state index in [2.05, 4.69) is 31.3 Å². The molecule has 0 aliphatic carbocycles. The third-order valence-electron chi connectivity index (χ3n) is 4.94. The molecule has 0 aliphatic heterocycles. The Morgan fingerprint density at radius 1 is 1.25 bits per heavy atom. The number of fused-ring (bicyclic) bond motifs is 1.